The third kappa shape index (κ3) is 2.02. The molecule has 0 radical (unpaired) electrons. The Balaban J connectivity index is 2.93. The molecule has 62 valence electrons. The van der Waals surface area contributed by atoms with Crippen LogP contribution >= 0.6 is 0 Å². The number of anilines is 2. The second kappa shape index (κ2) is 3.30. The molecule has 0 saturated carbocycles. The van der Waals surface area contributed by atoms with Gasteiger partial charge in [0.25, 0.3) is 0 Å². The van der Waals surface area contributed by atoms with E-state index >= 15 is 0 Å². The zero-order valence-corrected chi connectivity index (χ0v) is 7.22. The molecule has 0 saturated heterocycles. The van der Waals surface area contributed by atoms with E-state index in [0.29, 0.717) is 11.4 Å². The highest BCUT2D eigenvalue weighted by atomic mass is 16.1. The Morgan fingerprint density at radius 2 is 2.25 bits per heavy atom. The van der Waals surface area contributed by atoms with Crippen LogP contribution < -0.4 is 16.5 Å². The maximum Gasteiger partial charge on any atom is 0.221 e. The molecule has 12 heavy (non-hydrogen) atoms. The molecule has 1 aromatic rings. The van der Waals surface area contributed by atoms with E-state index in [0.717, 1.165) is 5.46 Å². The molecule has 0 heterocycles. The molecule has 1 amide bonds. The van der Waals surface area contributed by atoms with Gasteiger partial charge < -0.3 is 11.1 Å². The Bertz CT molecular complexity index is 312. The lowest BCUT2D eigenvalue weighted by Crippen LogP contribution is -2.11. The Labute approximate surface area is 72.4 Å². The number of amides is 1. The fourth-order valence-corrected chi connectivity index (χ4v) is 0.986. The summed E-state index contributed by atoms with van der Waals surface area (Å²) in [6.07, 6.45) is 0. The van der Waals surface area contributed by atoms with Crippen LogP contribution in [0.2, 0.25) is 0 Å². The minimum absolute atomic E-state index is 0.106. The van der Waals surface area contributed by atoms with E-state index in [1.165, 1.54) is 6.92 Å². The van der Waals surface area contributed by atoms with Crippen LogP contribution in [-0.4, -0.2) is 13.8 Å². The standard InChI is InChI=1S/C8H11BN2O/c1-5(12)11-8-3-2-6(9)4-7(8)10/h2-4H,9-10H2,1H3,(H,11,12). The first kappa shape index (κ1) is 8.65. The van der Waals surface area contributed by atoms with E-state index in [4.69, 9.17) is 5.73 Å². The van der Waals surface area contributed by atoms with Gasteiger partial charge in [-0.05, 0) is 12.1 Å². The van der Waals surface area contributed by atoms with Gasteiger partial charge in [-0.15, -0.1) is 0 Å². The van der Waals surface area contributed by atoms with Crippen LogP contribution in [0.1, 0.15) is 6.92 Å². The SMILES string of the molecule is Bc1ccc(NC(C)=O)c(N)c1. The third-order valence-corrected chi connectivity index (χ3v) is 1.52. The van der Waals surface area contributed by atoms with Gasteiger partial charge in [-0.2, -0.15) is 0 Å². The maximum atomic E-state index is 10.7. The lowest BCUT2D eigenvalue weighted by molar-refractivity contribution is -0.114. The first-order valence-electron chi connectivity index (χ1n) is 3.73. The number of carbonyl (C=O) groups excluding carboxylic acids is 1. The molecule has 0 unspecified atom stereocenters. The van der Waals surface area contributed by atoms with E-state index < -0.39 is 0 Å². The Kier molecular flexibility index (Phi) is 2.38. The monoisotopic (exact) mass is 162 g/mol. The molecule has 0 aliphatic heterocycles. The summed E-state index contributed by atoms with van der Waals surface area (Å²) in [6.45, 7) is 1.46. The van der Waals surface area contributed by atoms with Crippen LogP contribution in [0.15, 0.2) is 18.2 Å². The van der Waals surface area contributed by atoms with Crippen LogP contribution in [-0.2, 0) is 4.79 Å². The van der Waals surface area contributed by atoms with Gasteiger partial charge in [-0.1, -0.05) is 11.5 Å². The second-order valence-corrected chi connectivity index (χ2v) is 2.77. The van der Waals surface area contributed by atoms with E-state index in [1.54, 1.807) is 6.07 Å². The predicted molar refractivity (Wildman–Crippen MR) is 53.3 cm³/mol. The van der Waals surface area contributed by atoms with E-state index in [2.05, 4.69) is 5.32 Å². The topological polar surface area (TPSA) is 55.1 Å². The van der Waals surface area contributed by atoms with Gasteiger partial charge >= 0.3 is 0 Å². The number of nitrogens with two attached hydrogens (primary N) is 1. The van der Waals surface area contributed by atoms with Crippen molar-refractivity contribution in [2.75, 3.05) is 11.1 Å². The molecule has 3 nitrogen and oxygen atoms in total. The van der Waals surface area contributed by atoms with Gasteiger partial charge in [0.15, 0.2) is 0 Å². The molecule has 0 spiro atoms. The molecule has 4 heteroatoms. The summed E-state index contributed by atoms with van der Waals surface area (Å²) in [5.41, 5.74) is 8.02. The van der Waals surface area contributed by atoms with Crippen LogP contribution in [0.3, 0.4) is 0 Å². The number of rotatable bonds is 1. The van der Waals surface area contributed by atoms with Gasteiger partial charge in [0, 0.05) is 6.92 Å². The number of nitrogen functional groups attached to an aromatic ring is 1. The fraction of sp³-hybridized carbons (Fsp3) is 0.125. The van der Waals surface area contributed by atoms with Crippen molar-refractivity contribution >= 4 is 30.6 Å². The summed E-state index contributed by atoms with van der Waals surface area (Å²) in [5.74, 6) is -0.106. The first-order chi connectivity index (χ1) is 5.59. The van der Waals surface area contributed by atoms with Crippen LogP contribution in [0.4, 0.5) is 11.4 Å². The average Bonchev–Trinajstić information content (AvgIpc) is 1.94. The minimum Gasteiger partial charge on any atom is -0.397 e. The van der Waals surface area contributed by atoms with Crippen LogP contribution in [0.5, 0.6) is 0 Å². The third-order valence-electron chi connectivity index (χ3n) is 1.52. The molecular weight excluding hydrogens is 151 g/mol. The molecule has 0 fully saturated rings. The summed E-state index contributed by atoms with van der Waals surface area (Å²) < 4.78 is 0. The van der Waals surface area contributed by atoms with Crippen molar-refractivity contribution in [2.45, 2.75) is 6.92 Å². The van der Waals surface area contributed by atoms with Crippen molar-refractivity contribution in [3.8, 4) is 0 Å². The fourth-order valence-electron chi connectivity index (χ4n) is 0.986. The van der Waals surface area contributed by atoms with Crippen molar-refractivity contribution in [2.24, 2.45) is 0 Å². The van der Waals surface area contributed by atoms with Gasteiger partial charge in [0.2, 0.25) is 5.91 Å². The summed E-state index contributed by atoms with van der Waals surface area (Å²) in [7, 11) is 1.95. The van der Waals surface area contributed by atoms with Crippen molar-refractivity contribution < 1.29 is 4.79 Å². The predicted octanol–water partition coefficient (Wildman–Crippen LogP) is -0.514. The highest BCUT2D eigenvalue weighted by molar-refractivity contribution is 6.32. The van der Waals surface area contributed by atoms with Crippen molar-refractivity contribution in [1.82, 2.24) is 0 Å². The number of benzene rings is 1. The summed E-state index contributed by atoms with van der Waals surface area (Å²) in [6, 6.07) is 5.53. The molecule has 3 N–H and O–H groups in total. The highest BCUT2D eigenvalue weighted by Gasteiger charge is 1.99. The molecular formula is C8H11BN2O. The highest BCUT2D eigenvalue weighted by Crippen LogP contribution is 2.14. The lowest BCUT2D eigenvalue weighted by atomic mass is 9.95. The van der Waals surface area contributed by atoms with Gasteiger partial charge in [-0.25, -0.2) is 0 Å². The van der Waals surface area contributed by atoms with Gasteiger partial charge in [0.05, 0.1) is 11.4 Å². The van der Waals surface area contributed by atoms with Crippen LogP contribution in [0.25, 0.3) is 0 Å². The van der Waals surface area contributed by atoms with Crippen molar-refractivity contribution in [3.63, 3.8) is 0 Å². The summed E-state index contributed by atoms with van der Waals surface area (Å²) >= 11 is 0. The van der Waals surface area contributed by atoms with Gasteiger partial charge in [0.1, 0.15) is 7.85 Å². The average molecular weight is 162 g/mol. The Morgan fingerprint density at radius 3 is 2.75 bits per heavy atom. The van der Waals surface area contributed by atoms with Crippen molar-refractivity contribution in [1.29, 1.82) is 0 Å². The largest absolute Gasteiger partial charge is 0.397 e. The minimum atomic E-state index is -0.106. The number of carbonyl (C=O) groups is 1. The lowest BCUT2D eigenvalue weighted by Gasteiger charge is -2.05. The van der Waals surface area contributed by atoms with E-state index in [1.807, 2.05) is 20.0 Å². The zero-order chi connectivity index (χ0) is 9.14. The quantitative estimate of drug-likeness (QED) is 0.431. The first-order valence-corrected chi connectivity index (χ1v) is 3.73. The number of hydrogen-bond acceptors (Lipinski definition) is 2. The second-order valence-electron chi connectivity index (χ2n) is 2.77. The molecule has 1 rings (SSSR count). The molecule has 0 bridgehead atoms. The number of hydrogen-bond donors (Lipinski definition) is 2. The molecule has 0 aromatic heterocycles. The van der Waals surface area contributed by atoms with E-state index in [9.17, 15) is 4.79 Å². The Hall–Kier alpha value is -1.45. The normalized spacial score (nSPS) is 9.42. The van der Waals surface area contributed by atoms with Crippen LogP contribution in [0, 0.1) is 0 Å². The van der Waals surface area contributed by atoms with E-state index in [-0.39, 0.29) is 5.91 Å². The zero-order valence-electron chi connectivity index (χ0n) is 7.22. The summed E-state index contributed by atoms with van der Waals surface area (Å²) in [5, 5.41) is 2.64. The molecule has 0 aliphatic rings. The molecule has 0 aliphatic carbocycles. The molecule has 1 aromatic carbocycles. The number of nitrogens with one attached hydrogen (secondary N) is 1. The van der Waals surface area contributed by atoms with Crippen molar-refractivity contribution in [3.05, 3.63) is 18.2 Å². The molecule has 0 atom stereocenters. The van der Waals surface area contributed by atoms with Gasteiger partial charge in [-0.3, -0.25) is 4.79 Å². The Morgan fingerprint density at radius 1 is 1.58 bits per heavy atom. The maximum absolute atomic E-state index is 10.7. The summed E-state index contributed by atoms with van der Waals surface area (Å²) in [4.78, 5) is 10.7. The smallest absolute Gasteiger partial charge is 0.221 e.